The topological polar surface area (TPSA) is 113 Å². The SMILES string of the molecule is COc1ccc(C2CCCCC2)c2c1cc1n2C=C2C(=C3C=CC[C@@H](C(=O)N[C@@H]4CCC[C@H]4N(C)C)C31)C2C(=O)NS(=O)(=O)N(C)C. The van der Waals surface area contributed by atoms with E-state index in [1.165, 1.54) is 38.9 Å². The van der Waals surface area contributed by atoms with E-state index >= 15 is 0 Å². The maximum atomic E-state index is 14.3. The molecule has 2 unspecified atom stereocenters. The minimum Gasteiger partial charge on any atom is -0.496 e. The van der Waals surface area contributed by atoms with Crippen LogP contribution in [0, 0.1) is 11.8 Å². The lowest BCUT2D eigenvalue weighted by atomic mass is 9.76. The standard InChI is InChI=1S/C36H47N5O5S/c1-39(2)28-16-10-15-27(28)37-35(42)24-14-9-13-23-31(24)29-19-25-30(46-5)18-17-22(21-11-7-6-8-12-21)34(25)41(29)20-26-32(23)33(26)36(43)38-47(44,45)40(3)4/h9,13,17-21,24,27-28,31,33H,6-8,10-12,14-16H2,1-5H3,(H,37,42)(H,38,43)/t24-,27-,28-,31?,33?/m1/s1. The van der Waals surface area contributed by atoms with Crippen molar-refractivity contribution in [1.82, 2.24) is 23.8 Å². The molecule has 252 valence electrons. The zero-order valence-electron chi connectivity index (χ0n) is 28.1. The largest absolute Gasteiger partial charge is 0.496 e. The van der Waals surface area contributed by atoms with E-state index in [4.69, 9.17) is 4.74 Å². The lowest BCUT2D eigenvalue weighted by Crippen LogP contribution is -2.49. The average Bonchev–Trinajstić information content (AvgIpc) is 3.40. The van der Waals surface area contributed by atoms with Crippen molar-refractivity contribution in [2.45, 2.75) is 81.7 Å². The normalized spacial score (nSPS) is 27.3. The predicted molar refractivity (Wildman–Crippen MR) is 183 cm³/mol. The number of carbonyl (C=O) groups is 2. The third-order valence-corrected chi connectivity index (χ3v) is 12.6. The maximum absolute atomic E-state index is 14.3. The first-order chi connectivity index (χ1) is 22.5. The van der Waals surface area contributed by atoms with Gasteiger partial charge in [0.05, 0.1) is 24.5 Å². The van der Waals surface area contributed by atoms with Gasteiger partial charge in [0.15, 0.2) is 0 Å². The lowest BCUT2D eigenvalue weighted by Gasteiger charge is -2.33. The highest BCUT2D eigenvalue weighted by Crippen LogP contribution is 2.57. The molecule has 3 fully saturated rings. The van der Waals surface area contributed by atoms with Crippen molar-refractivity contribution >= 4 is 39.1 Å². The number of benzene rings is 1. The van der Waals surface area contributed by atoms with Crippen LogP contribution >= 0.6 is 0 Å². The van der Waals surface area contributed by atoms with Crippen molar-refractivity contribution in [3.05, 3.63) is 58.3 Å². The molecule has 1 aliphatic heterocycles. The summed E-state index contributed by atoms with van der Waals surface area (Å²) in [6.45, 7) is 0. The van der Waals surface area contributed by atoms with E-state index in [0.717, 1.165) is 75.5 Å². The number of nitrogens with zero attached hydrogens (tertiary/aromatic N) is 3. The second-order valence-electron chi connectivity index (χ2n) is 14.3. The molecule has 2 N–H and O–H groups in total. The van der Waals surface area contributed by atoms with Crippen molar-refractivity contribution in [2.75, 3.05) is 35.3 Å². The third kappa shape index (κ3) is 5.54. The fourth-order valence-corrected chi connectivity index (χ4v) is 9.32. The number of allylic oxidation sites excluding steroid dienone is 3. The second-order valence-corrected chi connectivity index (χ2v) is 16.2. The van der Waals surface area contributed by atoms with Gasteiger partial charge in [0.2, 0.25) is 11.8 Å². The number of hydrogen-bond donors (Lipinski definition) is 2. The van der Waals surface area contributed by atoms with Crippen molar-refractivity contribution in [2.24, 2.45) is 11.8 Å². The van der Waals surface area contributed by atoms with Crippen LogP contribution in [0.2, 0.25) is 0 Å². The number of nitrogens with one attached hydrogen (secondary N) is 2. The van der Waals surface area contributed by atoms with Crippen molar-refractivity contribution in [3.8, 4) is 5.75 Å². The molecule has 0 bridgehead atoms. The van der Waals surface area contributed by atoms with Crippen molar-refractivity contribution in [3.63, 3.8) is 0 Å². The van der Waals surface area contributed by atoms with E-state index in [1.54, 1.807) is 7.11 Å². The van der Waals surface area contributed by atoms with Crippen LogP contribution in [0.1, 0.15) is 80.9 Å². The van der Waals surface area contributed by atoms with Crippen LogP contribution in [0.3, 0.4) is 0 Å². The summed E-state index contributed by atoms with van der Waals surface area (Å²) in [5.74, 6) is -0.787. The second kappa shape index (κ2) is 12.2. The molecule has 11 heteroatoms. The van der Waals surface area contributed by atoms with Crippen LogP contribution in [0.25, 0.3) is 17.1 Å². The Morgan fingerprint density at radius 1 is 0.979 bits per heavy atom. The molecular weight excluding hydrogens is 614 g/mol. The molecule has 5 atom stereocenters. The van der Waals surface area contributed by atoms with Crippen molar-refractivity contribution < 1.29 is 22.7 Å². The smallest absolute Gasteiger partial charge is 0.303 e. The highest BCUT2D eigenvalue weighted by Gasteiger charge is 2.52. The highest BCUT2D eigenvalue weighted by molar-refractivity contribution is 7.87. The summed E-state index contributed by atoms with van der Waals surface area (Å²) < 4.78 is 36.8. The van der Waals surface area contributed by atoms with Crippen LogP contribution < -0.4 is 14.8 Å². The number of likely N-dealkylation sites (N-methyl/N-ethyl adjacent to an activating group) is 1. The Morgan fingerprint density at radius 2 is 1.74 bits per heavy atom. The van der Waals surface area contributed by atoms with E-state index < -0.39 is 22.0 Å². The van der Waals surface area contributed by atoms with Gasteiger partial charge in [-0.1, -0.05) is 37.5 Å². The average molecular weight is 662 g/mol. The van der Waals surface area contributed by atoms with Crippen LogP contribution in [0.4, 0.5) is 0 Å². The number of rotatable bonds is 8. The summed E-state index contributed by atoms with van der Waals surface area (Å²) in [6, 6.07) is 6.82. The van der Waals surface area contributed by atoms with Crippen LogP contribution in [-0.4, -0.2) is 81.4 Å². The summed E-state index contributed by atoms with van der Waals surface area (Å²) in [7, 11) is 4.66. The number of ether oxygens (including phenoxy) is 1. The Balaban J connectivity index is 1.38. The molecule has 7 rings (SSSR count). The molecule has 4 aliphatic carbocycles. The highest BCUT2D eigenvalue weighted by atomic mass is 32.2. The molecule has 5 aliphatic rings. The van der Waals surface area contributed by atoms with Crippen LogP contribution in [-0.2, 0) is 19.8 Å². The van der Waals surface area contributed by atoms with Crippen molar-refractivity contribution in [1.29, 1.82) is 0 Å². The molecule has 10 nitrogen and oxygen atoms in total. The number of hydrogen-bond acceptors (Lipinski definition) is 6. The summed E-state index contributed by atoms with van der Waals surface area (Å²) >= 11 is 0. The fraction of sp³-hybridized carbons (Fsp3) is 0.556. The minimum absolute atomic E-state index is 0.0211. The molecule has 0 spiro atoms. The molecule has 2 aromatic rings. The van der Waals surface area contributed by atoms with Gasteiger partial charge in [-0.25, -0.2) is 4.72 Å². The van der Waals surface area contributed by atoms with Gasteiger partial charge in [0, 0.05) is 49.4 Å². The van der Waals surface area contributed by atoms with Gasteiger partial charge in [0.25, 0.3) is 0 Å². The molecule has 1 aromatic carbocycles. The molecule has 3 saturated carbocycles. The van der Waals surface area contributed by atoms with E-state index in [0.29, 0.717) is 18.4 Å². The molecule has 0 radical (unpaired) electrons. The van der Waals surface area contributed by atoms with Gasteiger partial charge in [-0.2, -0.15) is 12.7 Å². The van der Waals surface area contributed by atoms with Gasteiger partial charge < -0.3 is 19.5 Å². The monoisotopic (exact) mass is 661 g/mol. The minimum atomic E-state index is -3.97. The molecule has 2 amide bonds. The summed E-state index contributed by atoms with van der Waals surface area (Å²) in [6.07, 6.45) is 15.6. The van der Waals surface area contributed by atoms with E-state index in [-0.39, 0.29) is 23.8 Å². The number of aromatic nitrogens is 1. The Hall–Kier alpha value is -3.41. The summed E-state index contributed by atoms with van der Waals surface area (Å²) in [4.78, 5) is 30.2. The maximum Gasteiger partial charge on any atom is 0.303 e. The van der Waals surface area contributed by atoms with Gasteiger partial charge in [-0.3, -0.25) is 9.59 Å². The molecule has 2 heterocycles. The predicted octanol–water partition coefficient (Wildman–Crippen LogP) is 4.66. The van der Waals surface area contributed by atoms with Crippen LogP contribution in [0.15, 0.2) is 47.1 Å². The number of amides is 2. The first kappa shape index (κ1) is 32.2. The Labute approximate surface area is 278 Å². The fourth-order valence-electron chi connectivity index (χ4n) is 8.76. The zero-order valence-corrected chi connectivity index (χ0v) is 28.9. The number of carbonyl (C=O) groups excluding carboxylic acids is 2. The molecule has 1 aromatic heterocycles. The Morgan fingerprint density at radius 3 is 2.45 bits per heavy atom. The van der Waals surface area contributed by atoms with Gasteiger partial charge in [0.1, 0.15) is 5.75 Å². The van der Waals surface area contributed by atoms with E-state index in [2.05, 4.69) is 57.9 Å². The molecular formula is C36H47N5O5S. The van der Waals surface area contributed by atoms with Gasteiger partial charge in [-0.05, 0) is 93.0 Å². The summed E-state index contributed by atoms with van der Waals surface area (Å²) in [5, 5.41) is 4.44. The quantitative estimate of drug-likeness (QED) is 0.426. The molecule has 47 heavy (non-hydrogen) atoms. The zero-order chi connectivity index (χ0) is 33.2. The first-order valence-corrected chi connectivity index (χ1v) is 18.5. The van der Waals surface area contributed by atoms with E-state index in [1.807, 2.05) is 12.3 Å². The van der Waals surface area contributed by atoms with Gasteiger partial charge >= 0.3 is 10.2 Å². The third-order valence-electron chi connectivity index (χ3n) is 11.2. The number of fused-ring (bicyclic) bond motifs is 6. The lowest BCUT2D eigenvalue weighted by molar-refractivity contribution is -0.126. The Bertz CT molecular complexity index is 1810. The summed E-state index contributed by atoms with van der Waals surface area (Å²) in [5.41, 5.74) is 5.85. The van der Waals surface area contributed by atoms with E-state index in [9.17, 15) is 18.0 Å². The van der Waals surface area contributed by atoms with Gasteiger partial charge in [-0.15, -0.1) is 0 Å². The first-order valence-electron chi connectivity index (χ1n) is 17.1. The molecule has 0 saturated heterocycles. The number of methoxy groups -OCH3 is 1. The van der Waals surface area contributed by atoms with Crippen LogP contribution in [0.5, 0.6) is 5.75 Å². The Kier molecular flexibility index (Phi) is 8.37.